The van der Waals surface area contributed by atoms with Crippen molar-refractivity contribution in [3.05, 3.63) is 0 Å². The van der Waals surface area contributed by atoms with E-state index in [1.54, 1.807) is 0 Å². The highest BCUT2D eigenvalue weighted by molar-refractivity contribution is 4.72. The van der Waals surface area contributed by atoms with Gasteiger partial charge in [0.05, 0.1) is 0 Å². The van der Waals surface area contributed by atoms with E-state index in [2.05, 4.69) is 0 Å². The average Bonchev–Trinajstić information content (AvgIpc) is 1.81. The molecule has 0 radical (unpaired) electrons. The number of hydrogen-bond acceptors (Lipinski definition) is 6. The van der Waals surface area contributed by atoms with E-state index in [0.717, 1.165) is 0 Å². The van der Waals surface area contributed by atoms with Crippen molar-refractivity contribution >= 4 is 0 Å². The van der Waals surface area contributed by atoms with Crippen molar-refractivity contribution in [2.45, 2.75) is 24.6 Å². The monoisotopic (exact) mass is 167 g/mol. The van der Waals surface area contributed by atoms with Crippen LogP contribution in [0.5, 0.6) is 0 Å². The van der Waals surface area contributed by atoms with Crippen LogP contribution in [0.1, 0.15) is 12.8 Å². The summed E-state index contributed by atoms with van der Waals surface area (Å²) in [5.41, 5.74) is 5.01. The van der Waals surface area contributed by atoms with Gasteiger partial charge in [-0.1, -0.05) is 0 Å². The number of aliphatic hydroxyl groups is 5. The summed E-state index contributed by atoms with van der Waals surface area (Å²) in [5.74, 6) is -6.42. The van der Waals surface area contributed by atoms with Crippen LogP contribution in [0, 0.1) is 0 Å². The zero-order valence-corrected chi connectivity index (χ0v) is 5.93. The molecule has 0 aliphatic heterocycles. The lowest BCUT2D eigenvalue weighted by Crippen LogP contribution is -2.54. The maximum Gasteiger partial charge on any atom is 0.332 e. The molecule has 0 saturated carbocycles. The van der Waals surface area contributed by atoms with Crippen LogP contribution >= 0.6 is 0 Å². The molecule has 6 heteroatoms. The molecular formula is C5H13NO5. The average molecular weight is 167 g/mol. The minimum Gasteiger partial charge on any atom is -0.359 e. The Morgan fingerprint density at radius 2 is 1.45 bits per heavy atom. The summed E-state index contributed by atoms with van der Waals surface area (Å²) in [4.78, 5) is 0. The van der Waals surface area contributed by atoms with Crippen LogP contribution in [0.4, 0.5) is 0 Å². The normalized spacial score (nSPS) is 13.6. The van der Waals surface area contributed by atoms with Crippen molar-refractivity contribution in [3.63, 3.8) is 0 Å². The molecule has 0 aromatic heterocycles. The van der Waals surface area contributed by atoms with E-state index in [-0.39, 0.29) is 13.0 Å². The maximum atomic E-state index is 8.73. The van der Waals surface area contributed by atoms with Crippen molar-refractivity contribution in [3.8, 4) is 0 Å². The first kappa shape index (κ1) is 10.8. The predicted octanol–water partition coefficient (Wildman–Crippen LogP) is -2.96. The molecule has 0 aromatic rings. The standard InChI is InChI=1S/C5H13NO5/c6-3-1-2-4(7,8)5(9,10)11/h7-11H,1-3,6H2. The van der Waals surface area contributed by atoms with Crippen molar-refractivity contribution < 1.29 is 25.5 Å². The van der Waals surface area contributed by atoms with Crippen LogP contribution in [0.2, 0.25) is 0 Å². The molecular weight excluding hydrogens is 154 g/mol. The van der Waals surface area contributed by atoms with E-state index < -0.39 is 18.2 Å². The summed E-state index contributed by atoms with van der Waals surface area (Å²) < 4.78 is 0. The molecule has 0 spiro atoms. The molecule has 0 amide bonds. The van der Waals surface area contributed by atoms with E-state index in [0.29, 0.717) is 0 Å². The van der Waals surface area contributed by atoms with Crippen LogP contribution in [-0.4, -0.2) is 43.8 Å². The molecule has 0 aliphatic rings. The first-order valence-corrected chi connectivity index (χ1v) is 3.13. The smallest absolute Gasteiger partial charge is 0.332 e. The molecule has 6 nitrogen and oxygen atoms in total. The van der Waals surface area contributed by atoms with Crippen molar-refractivity contribution in [2.75, 3.05) is 6.54 Å². The van der Waals surface area contributed by atoms with Crippen LogP contribution in [-0.2, 0) is 0 Å². The summed E-state index contributed by atoms with van der Waals surface area (Å²) in [6.45, 7) is 0.166. The van der Waals surface area contributed by atoms with Gasteiger partial charge in [0.2, 0.25) is 5.79 Å². The highest BCUT2D eigenvalue weighted by Crippen LogP contribution is 2.18. The summed E-state index contributed by atoms with van der Waals surface area (Å²) in [5, 5.41) is 42.5. The van der Waals surface area contributed by atoms with E-state index in [9.17, 15) is 0 Å². The number of nitrogens with two attached hydrogens (primary N) is 1. The fourth-order valence-electron chi connectivity index (χ4n) is 0.516. The summed E-state index contributed by atoms with van der Waals surface area (Å²) in [6.07, 6.45) is -0.247. The largest absolute Gasteiger partial charge is 0.359 e. The Hall–Kier alpha value is -0.240. The zero-order valence-electron chi connectivity index (χ0n) is 5.93. The second-order valence-electron chi connectivity index (χ2n) is 2.34. The molecule has 0 unspecified atom stereocenters. The second kappa shape index (κ2) is 3.44. The Bertz CT molecular complexity index is 119. The summed E-state index contributed by atoms with van der Waals surface area (Å²) in [7, 11) is 0. The van der Waals surface area contributed by atoms with E-state index in [4.69, 9.17) is 31.3 Å². The quantitative estimate of drug-likeness (QED) is 0.248. The van der Waals surface area contributed by atoms with Gasteiger partial charge in [0.25, 0.3) is 0 Å². The van der Waals surface area contributed by atoms with Crippen LogP contribution < -0.4 is 5.73 Å². The first-order valence-electron chi connectivity index (χ1n) is 3.13. The van der Waals surface area contributed by atoms with E-state index in [1.165, 1.54) is 0 Å². The van der Waals surface area contributed by atoms with Gasteiger partial charge < -0.3 is 31.3 Å². The summed E-state index contributed by atoms with van der Waals surface area (Å²) in [6, 6.07) is 0. The van der Waals surface area contributed by atoms with Gasteiger partial charge in [-0.15, -0.1) is 0 Å². The second-order valence-corrected chi connectivity index (χ2v) is 2.34. The molecule has 11 heavy (non-hydrogen) atoms. The molecule has 0 fully saturated rings. The molecule has 0 aliphatic carbocycles. The van der Waals surface area contributed by atoms with Crippen molar-refractivity contribution in [1.82, 2.24) is 0 Å². The molecule has 0 rings (SSSR count). The third kappa shape index (κ3) is 3.10. The van der Waals surface area contributed by atoms with Gasteiger partial charge in [0, 0.05) is 6.42 Å². The number of hydrogen-bond donors (Lipinski definition) is 6. The van der Waals surface area contributed by atoms with Gasteiger partial charge in [0.15, 0.2) is 0 Å². The van der Waals surface area contributed by atoms with E-state index >= 15 is 0 Å². The molecule has 0 aromatic carbocycles. The fourth-order valence-corrected chi connectivity index (χ4v) is 0.516. The van der Waals surface area contributed by atoms with Gasteiger partial charge >= 0.3 is 5.97 Å². The fraction of sp³-hybridized carbons (Fsp3) is 1.00. The number of rotatable bonds is 4. The Kier molecular flexibility index (Phi) is 3.36. The van der Waals surface area contributed by atoms with Crippen molar-refractivity contribution in [2.24, 2.45) is 5.73 Å². The van der Waals surface area contributed by atoms with Gasteiger partial charge in [-0.25, -0.2) is 0 Å². The Morgan fingerprint density at radius 1 is 1.00 bits per heavy atom. The summed E-state index contributed by atoms with van der Waals surface area (Å²) >= 11 is 0. The minimum atomic E-state index is -3.50. The minimum absolute atomic E-state index is 0.163. The van der Waals surface area contributed by atoms with Crippen LogP contribution in [0.25, 0.3) is 0 Å². The zero-order chi connectivity index (χ0) is 9.12. The maximum absolute atomic E-state index is 8.73. The van der Waals surface area contributed by atoms with Gasteiger partial charge in [0.1, 0.15) is 0 Å². The lowest BCUT2D eigenvalue weighted by atomic mass is 10.1. The molecule has 0 atom stereocenters. The van der Waals surface area contributed by atoms with Crippen molar-refractivity contribution in [1.29, 1.82) is 0 Å². The van der Waals surface area contributed by atoms with E-state index in [1.807, 2.05) is 0 Å². The topological polar surface area (TPSA) is 127 Å². The Balaban J connectivity index is 4.00. The lowest BCUT2D eigenvalue weighted by Gasteiger charge is -2.29. The highest BCUT2D eigenvalue weighted by Gasteiger charge is 2.45. The highest BCUT2D eigenvalue weighted by atomic mass is 16.7. The van der Waals surface area contributed by atoms with Gasteiger partial charge in [-0.2, -0.15) is 0 Å². The molecule has 0 bridgehead atoms. The lowest BCUT2D eigenvalue weighted by molar-refractivity contribution is -0.447. The Labute approximate surface area is 63.5 Å². The van der Waals surface area contributed by atoms with Crippen LogP contribution in [0.15, 0.2) is 0 Å². The molecule has 7 N–H and O–H groups in total. The SMILES string of the molecule is NCCCC(O)(O)C(O)(O)O. The molecule has 68 valence electrons. The third-order valence-electron chi connectivity index (χ3n) is 1.27. The molecule has 0 heterocycles. The first-order chi connectivity index (χ1) is 4.81. The predicted molar refractivity (Wildman–Crippen MR) is 34.8 cm³/mol. The van der Waals surface area contributed by atoms with Gasteiger partial charge in [-0.3, -0.25) is 0 Å². The molecule has 0 saturated heterocycles. The van der Waals surface area contributed by atoms with Gasteiger partial charge in [-0.05, 0) is 13.0 Å². The van der Waals surface area contributed by atoms with Crippen LogP contribution in [0.3, 0.4) is 0 Å². The Morgan fingerprint density at radius 3 is 1.73 bits per heavy atom. The third-order valence-corrected chi connectivity index (χ3v) is 1.27.